The topological polar surface area (TPSA) is 57.2 Å². The van der Waals surface area contributed by atoms with Crippen LogP contribution in [0, 0.1) is 18.3 Å². The highest BCUT2D eigenvalue weighted by Gasteiger charge is 2.27. The second-order valence-electron chi connectivity index (χ2n) is 5.38. The third-order valence-corrected chi connectivity index (χ3v) is 3.84. The number of rotatable bonds is 2. The molecule has 0 spiro atoms. The van der Waals surface area contributed by atoms with Crippen molar-refractivity contribution in [1.82, 2.24) is 14.8 Å². The van der Waals surface area contributed by atoms with E-state index in [0.717, 1.165) is 29.0 Å². The average molecular weight is 279 g/mol. The molecule has 5 heteroatoms. The Hall–Kier alpha value is -2.61. The summed E-state index contributed by atoms with van der Waals surface area (Å²) in [5.41, 5.74) is 4.96. The fourth-order valence-electron chi connectivity index (χ4n) is 2.81. The van der Waals surface area contributed by atoms with Gasteiger partial charge in [0.2, 0.25) is 0 Å². The number of aromatic nitrogens is 2. The van der Waals surface area contributed by atoms with E-state index in [0.29, 0.717) is 5.56 Å². The normalized spacial score (nSPS) is 17.7. The SMILES string of the molecule is Cc1nn(C)cc1C1=NN(C)[C@@H](c2cccc(C#N)c2)C1. The first-order valence-corrected chi connectivity index (χ1v) is 6.89. The van der Waals surface area contributed by atoms with Crippen LogP contribution in [0.25, 0.3) is 0 Å². The molecule has 1 aromatic heterocycles. The maximum atomic E-state index is 9.04. The Morgan fingerprint density at radius 1 is 1.33 bits per heavy atom. The van der Waals surface area contributed by atoms with Crippen molar-refractivity contribution in [3.8, 4) is 6.07 Å². The van der Waals surface area contributed by atoms with Gasteiger partial charge >= 0.3 is 0 Å². The molecule has 21 heavy (non-hydrogen) atoms. The minimum atomic E-state index is 0.174. The van der Waals surface area contributed by atoms with Crippen LogP contribution < -0.4 is 0 Å². The molecule has 1 aliphatic rings. The van der Waals surface area contributed by atoms with E-state index in [2.05, 4.69) is 22.3 Å². The Labute approximate surface area is 124 Å². The number of nitrogens with zero attached hydrogens (tertiary/aromatic N) is 5. The largest absolute Gasteiger partial charge is 0.292 e. The van der Waals surface area contributed by atoms with Crippen molar-refractivity contribution >= 4 is 5.71 Å². The van der Waals surface area contributed by atoms with Gasteiger partial charge in [-0.25, -0.2) is 0 Å². The summed E-state index contributed by atoms with van der Waals surface area (Å²) < 4.78 is 1.82. The number of hydrogen-bond donors (Lipinski definition) is 0. The van der Waals surface area contributed by atoms with Gasteiger partial charge in [-0.15, -0.1) is 0 Å². The van der Waals surface area contributed by atoms with Gasteiger partial charge in [0.25, 0.3) is 0 Å². The Morgan fingerprint density at radius 3 is 2.81 bits per heavy atom. The maximum Gasteiger partial charge on any atom is 0.0991 e. The van der Waals surface area contributed by atoms with Gasteiger partial charge < -0.3 is 0 Å². The summed E-state index contributed by atoms with van der Waals surface area (Å²) in [4.78, 5) is 0. The Balaban J connectivity index is 1.89. The Bertz CT molecular complexity index is 750. The molecule has 5 nitrogen and oxygen atoms in total. The van der Waals surface area contributed by atoms with Crippen LogP contribution >= 0.6 is 0 Å². The first-order chi connectivity index (χ1) is 10.1. The Kier molecular flexibility index (Phi) is 3.22. The molecule has 1 atom stereocenters. The van der Waals surface area contributed by atoms with Gasteiger partial charge in [-0.1, -0.05) is 12.1 Å². The van der Waals surface area contributed by atoms with Crippen LogP contribution in [0.1, 0.15) is 34.8 Å². The zero-order chi connectivity index (χ0) is 15.0. The van der Waals surface area contributed by atoms with Crippen molar-refractivity contribution in [2.24, 2.45) is 12.1 Å². The van der Waals surface area contributed by atoms with Crippen LogP contribution in [-0.2, 0) is 7.05 Å². The standard InChI is InChI=1S/C16H17N5/c1-11-14(10-20(2)18-11)15-8-16(21(3)19-15)13-6-4-5-12(7-13)9-17/h4-7,10,16H,8H2,1-3H3/t16-/m1/s1. The third-order valence-electron chi connectivity index (χ3n) is 3.84. The van der Waals surface area contributed by atoms with Crippen LogP contribution in [0.15, 0.2) is 35.6 Å². The zero-order valence-corrected chi connectivity index (χ0v) is 12.4. The molecular formula is C16H17N5. The molecule has 1 aromatic carbocycles. The molecule has 2 heterocycles. The molecule has 0 saturated heterocycles. The van der Waals surface area contributed by atoms with E-state index < -0.39 is 0 Å². The minimum absolute atomic E-state index is 0.174. The van der Waals surface area contributed by atoms with E-state index in [1.807, 2.05) is 55.1 Å². The van der Waals surface area contributed by atoms with Gasteiger partial charge in [0, 0.05) is 32.3 Å². The molecule has 0 N–H and O–H groups in total. The molecule has 0 bridgehead atoms. The van der Waals surface area contributed by atoms with Gasteiger partial charge in [0.1, 0.15) is 0 Å². The predicted octanol–water partition coefficient (Wildman–Crippen LogP) is 2.38. The van der Waals surface area contributed by atoms with E-state index in [4.69, 9.17) is 5.26 Å². The van der Waals surface area contributed by atoms with Crippen molar-refractivity contribution < 1.29 is 0 Å². The lowest BCUT2D eigenvalue weighted by molar-refractivity contribution is 0.290. The number of aryl methyl sites for hydroxylation is 2. The molecule has 106 valence electrons. The van der Waals surface area contributed by atoms with E-state index >= 15 is 0 Å². The third kappa shape index (κ3) is 2.40. The number of hydrazone groups is 1. The summed E-state index contributed by atoms with van der Waals surface area (Å²) in [6, 6.07) is 10.1. The van der Waals surface area contributed by atoms with Crippen molar-refractivity contribution in [3.05, 3.63) is 52.8 Å². The molecule has 0 radical (unpaired) electrons. The first-order valence-electron chi connectivity index (χ1n) is 6.89. The second kappa shape index (κ2) is 5.06. The number of hydrogen-bond acceptors (Lipinski definition) is 4. The summed E-state index contributed by atoms with van der Waals surface area (Å²) >= 11 is 0. The van der Waals surface area contributed by atoms with Crippen LogP contribution in [-0.4, -0.2) is 27.5 Å². The van der Waals surface area contributed by atoms with Crippen LogP contribution in [0.3, 0.4) is 0 Å². The van der Waals surface area contributed by atoms with Crippen molar-refractivity contribution in [2.45, 2.75) is 19.4 Å². The van der Waals surface area contributed by atoms with Crippen LogP contribution in [0.2, 0.25) is 0 Å². The van der Waals surface area contributed by atoms with Gasteiger partial charge in [-0.3, -0.25) is 9.69 Å². The molecule has 3 rings (SSSR count). The molecule has 1 aliphatic heterocycles. The van der Waals surface area contributed by atoms with Crippen molar-refractivity contribution in [2.75, 3.05) is 7.05 Å². The molecular weight excluding hydrogens is 262 g/mol. The zero-order valence-electron chi connectivity index (χ0n) is 12.4. The highest BCUT2D eigenvalue weighted by molar-refractivity contribution is 6.02. The fourth-order valence-corrected chi connectivity index (χ4v) is 2.81. The predicted molar refractivity (Wildman–Crippen MR) is 80.8 cm³/mol. The molecule has 0 unspecified atom stereocenters. The molecule has 0 fully saturated rings. The van der Waals surface area contributed by atoms with Crippen LogP contribution in [0.5, 0.6) is 0 Å². The minimum Gasteiger partial charge on any atom is -0.292 e. The van der Waals surface area contributed by atoms with E-state index in [-0.39, 0.29) is 6.04 Å². The van der Waals surface area contributed by atoms with Crippen molar-refractivity contribution in [3.63, 3.8) is 0 Å². The molecule has 0 saturated carbocycles. The summed E-state index contributed by atoms with van der Waals surface area (Å²) in [6.45, 7) is 2.00. The van der Waals surface area contributed by atoms with E-state index in [1.165, 1.54) is 0 Å². The smallest absolute Gasteiger partial charge is 0.0991 e. The van der Waals surface area contributed by atoms with Crippen molar-refractivity contribution in [1.29, 1.82) is 5.26 Å². The molecule has 2 aromatic rings. The lowest BCUT2D eigenvalue weighted by atomic mass is 9.98. The van der Waals surface area contributed by atoms with Gasteiger partial charge in [-0.2, -0.15) is 15.5 Å². The molecule has 0 aliphatic carbocycles. The number of nitriles is 1. The highest BCUT2D eigenvalue weighted by atomic mass is 15.5. The Morgan fingerprint density at radius 2 is 2.14 bits per heavy atom. The summed E-state index contributed by atoms with van der Waals surface area (Å²) in [5.74, 6) is 0. The second-order valence-corrected chi connectivity index (χ2v) is 5.38. The van der Waals surface area contributed by atoms with Gasteiger partial charge in [-0.05, 0) is 24.6 Å². The van der Waals surface area contributed by atoms with Crippen LogP contribution in [0.4, 0.5) is 0 Å². The monoisotopic (exact) mass is 279 g/mol. The lowest BCUT2D eigenvalue weighted by Gasteiger charge is -2.19. The quantitative estimate of drug-likeness (QED) is 0.848. The first kappa shape index (κ1) is 13.4. The average Bonchev–Trinajstić information content (AvgIpc) is 3.01. The fraction of sp³-hybridized carbons (Fsp3) is 0.312. The molecule has 0 amide bonds. The van der Waals surface area contributed by atoms with Gasteiger partial charge in [0.15, 0.2) is 0 Å². The summed E-state index contributed by atoms with van der Waals surface area (Å²) in [7, 11) is 3.89. The summed E-state index contributed by atoms with van der Waals surface area (Å²) in [6.07, 6.45) is 2.84. The lowest BCUT2D eigenvalue weighted by Crippen LogP contribution is -2.14. The summed E-state index contributed by atoms with van der Waals surface area (Å²) in [5, 5.41) is 20.0. The van der Waals surface area contributed by atoms with E-state index in [1.54, 1.807) is 0 Å². The van der Waals surface area contributed by atoms with Gasteiger partial charge in [0.05, 0.1) is 29.1 Å². The highest BCUT2D eigenvalue weighted by Crippen LogP contribution is 2.32. The van der Waals surface area contributed by atoms with E-state index in [9.17, 15) is 0 Å². The number of benzene rings is 1. The maximum absolute atomic E-state index is 9.04.